The molecule has 2 aliphatic heterocycles. The summed E-state index contributed by atoms with van der Waals surface area (Å²) in [5, 5.41) is 3.38. The van der Waals surface area contributed by atoms with Gasteiger partial charge in [-0.05, 0) is 29.7 Å². The molecular weight excluding hydrogens is 527 g/mol. The molecule has 0 unspecified atom stereocenters. The lowest BCUT2D eigenvalue weighted by atomic mass is 10.00. The number of amides is 1. The Morgan fingerprint density at radius 1 is 1.00 bits per heavy atom. The first-order valence-electron chi connectivity index (χ1n) is 11.4. The van der Waals surface area contributed by atoms with Crippen LogP contribution in [0.15, 0.2) is 65.8 Å². The highest BCUT2D eigenvalue weighted by molar-refractivity contribution is 14.0. The number of hydrogen-bond acceptors (Lipinski definition) is 4. The van der Waals surface area contributed by atoms with E-state index < -0.39 is 0 Å². The van der Waals surface area contributed by atoms with Crippen LogP contribution in [0.25, 0.3) is 5.57 Å². The third-order valence-corrected chi connectivity index (χ3v) is 6.09. The molecule has 3 heterocycles. The van der Waals surface area contributed by atoms with Gasteiger partial charge in [-0.25, -0.2) is 4.98 Å². The van der Waals surface area contributed by atoms with E-state index in [1.165, 1.54) is 11.1 Å². The molecule has 1 fully saturated rings. The van der Waals surface area contributed by atoms with Gasteiger partial charge in [-0.15, -0.1) is 24.0 Å². The molecule has 33 heavy (non-hydrogen) atoms. The highest BCUT2D eigenvalue weighted by atomic mass is 127. The molecule has 2 aromatic rings. The predicted molar refractivity (Wildman–Crippen MR) is 145 cm³/mol. The van der Waals surface area contributed by atoms with Gasteiger partial charge in [0.05, 0.1) is 0 Å². The summed E-state index contributed by atoms with van der Waals surface area (Å²) in [4.78, 5) is 27.9. The Kier molecular flexibility index (Phi) is 9.53. The third kappa shape index (κ3) is 6.69. The second-order valence-corrected chi connectivity index (χ2v) is 8.07. The Morgan fingerprint density at radius 3 is 2.39 bits per heavy atom. The standard InChI is InChI=1S/C25H32N6O.HI/c1-26-25(31-15-11-22(12-16-31)21-7-3-2-4-8-21)28-14-10-24(32)30-19-17-29(18-20-30)23-9-5-6-13-27-23;/h2-9,11,13H,10,12,14-20H2,1H3,(H,26,28);1H. The molecule has 4 rings (SSSR count). The second kappa shape index (κ2) is 12.6. The predicted octanol–water partition coefficient (Wildman–Crippen LogP) is 3.10. The van der Waals surface area contributed by atoms with Gasteiger partial charge in [-0.2, -0.15) is 0 Å². The monoisotopic (exact) mass is 560 g/mol. The summed E-state index contributed by atoms with van der Waals surface area (Å²) in [5.41, 5.74) is 2.68. The first-order chi connectivity index (χ1) is 15.7. The quantitative estimate of drug-likeness (QED) is 0.346. The van der Waals surface area contributed by atoms with Gasteiger partial charge < -0.3 is 20.0 Å². The number of benzene rings is 1. The molecule has 1 saturated heterocycles. The summed E-state index contributed by atoms with van der Waals surface area (Å²) >= 11 is 0. The smallest absolute Gasteiger partial charge is 0.224 e. The minimum Gasteiger partial charge on any atom is -0.356 e. The van der Waals surface area contributed by atoms with Crippen LogP contribution in [0.2, 0.25) is 0 Å². The fourth-order valence-electron chi connectivity index (χ4n) is 4.27. The minimum absolute atomic E-state index is 0. The number of aromatic nitrogens is 1. The molecule has 176 valence electrons. The van der Waals surface area contributed by atoms with Crippen LogP contribution in [-0.2, 0) is 4.79 Å². The molecule has 1 aromatic heterocycles. The third-order valence-electron chi connectivity index (χ3n) is 6.09. The van der Waals surface area contributed by atoms with E-state index >= 15 is 0 Å². The molecule has 0 radical (unpaired) electrons. The number of carbonyl (C=O) groups is 1. The van der Waals surface area contributed by atoms with Gasteiger partial charge in [-0.1, -0.05) is 42.5 Å². The van der Waals surface area contributed by atoms with E-state index in [2.05, 4.69) is 55.4 Å². The molecule has 8 heteroatoms. The number of pyridine rings is 1. The number of nitrogens with one attached hydrogen (secondary N) is 1. The second-order valence-electron chi connectivity index (χ2n) is 8.07. The van der Waals surface area contributed by atoms with E-state index in [1.54, 1.807) is 7.05 Å². The lowest BCUT2D eigenvalue weighted by Crippen LogP contribution is -2.50. The van der Waals surface area contributed by atoms with Gasteiger partial charge in [0.1, 0.15) is 5.82 Å². The van der Waals surface area contributed by atoms with Crippen molar-refractivity contribution < 1.29 is 4.79 Å². The maximum absolute atomic E-state index is 12.7. The molecule has 0 bridgehead atoms. The van der Waals surface area contributed by atoms with Crippen LogP contribution in [-0.4, -0.2) is 79.5 Å². The maximum Gasteiger partial charge on any atom is 0.224 e. The van der Waals surface area contributed by atoms with E-state index in [4.69, 9.17) is 0 Å². The van der Waals surface area contributed by atoms with Gasteiger partial charge in [0.25, 0.3) is 0 Å². The van der Waals surface area contributed by atoms with Crippen molar-refractivity contribution >= 4 is 47.2 Å². The van der Waals surface area contributed by atoms with Crippen LogP contribution in [0.5, 0.6) is 0 Å². The van der Waals surface area contributed by atoms with Crippen molar-refractivity contribution in [3.63, 3.8) is 0 Å². The molecular formula is C25H33IN6O. The first kappa shape index (κ1) is 25.0. The molecule has 7 nitrogen and oxygen atoms in total. The average molecular weight is 560 g/mol. The van der Waals surface area contributed by atoms with Crippen molar-refractivity contribution in [3.8, 4) is 0 Å². The Bertz CT molecular complexity index is 942. The van der Waals surface area contributed by atoms with Gasteiger partial charge in [0.2, 0.25) is 5.91 Å². The largest absolute Gasteiger partial charge is 0.356 e. The number of piperazine rings is 1. The van der Waals surface area contributed by atoms with Gasteiger partial charge in [0.15, 0.2) is 5.96 Å². The van der Waals surface area contributed by atoms with Crippen LogP contribution in [0.4, 0.5) is 5.82 Å². The van der Waals surface area contributed by atoms with Crippen molar-refractivity contribution in [2.45, 2.75) is 12.8 Å². The van der Waals surface area contributed by atoms with Crippen LogP contribution >= 0.6 is 24.0 Å². The molecule has 0 aliphatic carbocycles. The van der Waals surface area contributed by atoms with Crippen molar-refractivity contribution in [1.82, 2.24) is 20.1 Å². The SMILES string of the molecule is CN=C(NCCC(=O)N1CCN(c2ccccn2)CC1)N1CC=C(c2ccccc2)CC1.I. The molecule has 0 spiro atoms. The van der Waals surface area contributed by atoms with Crippen molar-refractivity contribution in [2.24, 2.45) is 4.99 Å². The van der Waals surface area contributed by atoms with Crippen molar-refractivity contribution in [1.29, 1.82) is 0 Å². The molecule has 0 saturated carbocycles. The Balaban J connectivity index is 0.00000306. The molecule has 0 atom stereocenters. The fourth-order valence-corrected chi connectivity index (χ4v) is 4.27. The van der Waals surface area contributed by atoms with E-state index in [9.17, 15) is 4.79 Å². The number of hydrogen-bond donors (Lipinski definition) is 1. The zero-order valence-electron chi connectivity index (χ0n) is 19.2. The normalized spacial score (nSPS) is 16.7. The van der Waals surface area contributed by atoms with Crippen LogP contribution < -0.4 is 10.2 Å². The van der Waals surface area contributed by atoms with E-state index in [-0.39, 0.29) is 29.9 Å². The lowest BCUT2D eigenvalue weighted by molar-refractivity contribution is -0.131. The van der Waals surface area contributed by atoms with Crippen LogP contribution in [0, 0.1) is 0 Å². The summed E-state index contributed by atoms with van der Waals surface area (Å²) in [7, 11) is 1.80. The van der Waals surface area contributed by atoms with Crippen molar-refractivity contribution in [3.05, 3.63) is 66.4 Å². The summed E-state index contributed by atoms with van der Waals surface area (Å²) in [6.45, 7) is 5.46. The van der Waals surface area contributed by atoms with Gasteiger partial charge >= 0.3 is 0 Å². The Hall–Kier alpha value is -2.62. The summed E-state index contributed by atoms with van der Waals surface area (Å²) < 4.78 is 0. The Morgan fingerprint density at radius 2 is 1.76 bits per heavy atom. The van der Waals surface area contributed by atoms with Crippen LogP contribution in [0.1, 0.15) is 18.4 Å². The van der Waals surface area contributed by atoms with Crippen molar-refractivity contribution in [2.75, 3.05) is 57.8 Å². The average Bonchev–Trinajstić information content (AvgIpc) is 2.88. The Labute approximate surface area is 213 Å². The molecule has 1 N–H and O–H groups in total. The number of anilines is 1. The molecule has 2 aliphatic rings. The minimum atomic E-state index is 0. The summed E-state index contributed by atoms with van der Waals surface area (Å²) in [6.07, 6.45) is 5.55. The molecule has 1 aromatic carbocycles. The maximum atomic E-state index is 12.7. The summed E-state index contributed by atoms with van der Waals surface area (Å²) in [5.74, 6) is 2.04. The van der Waals surface area contributed by atoms with E-state index in [0.717, 1.165) is 57.5 Å². The lowest BCUT2D eigenvalue weighted by Gasteiger charge is -2.35. The number of rotatable bonds is 5. The molecule has 1 amide bonds. The van der Waals surface area contributed by atoms with E-state index in [0.29, 0.717) is 13.0 Å². The number of carbonyl (C=O) groups excluding carboxylic acids is 1. The first-order valence-corrected chi connectivity index (χ1v) is 11.4. The highest BCUT2D eigenvalue weighted by Crippen LogP contribution is 2.22. The fraction of sp³-hybridized carbons (Fsp3) is 0.400. The zero-order chi connectivity index (χ0) is 22.2. The number of guanidine groups is 1. The number of aliphatic imine (C=N–C) groups is 1. The van der Waals surface area contributed by atoms with Gasteiger partial charge in [-0.3, -0.25) is 9.79 Å². The van der Waals surface area contributed by atoms with Crippen LogP contribution in [0.3, 0.4) is 0 Å². The highest BCUT2D eigenvalue weighted by Gasteiger charge is 2.22. The zero-order valence-corrected chi connectivity index (χ0v) is 21.5. The number of halogens is 1. The topological polar surface area (TPSA) is 64.1 Å². The number of nitrogens with zero attached hydrogens (tertiary/aromatic N) is 5. The van der Waals surface area contributed by atoms with E-state index in [1.807, 2.05) is 35.4 Å². The summed E-state index contributed by atoms with van der Waals surface area (Å²) in [6, 6.07) is 16.5. The van der Waals surface area contributed by atoms with Gasteiger partial charge in [0, 0.05) is 65.5 Å².